The molecule has 0 bridgehead atoms. The second-order valence-electron chi connectivity index (χ2n) is 3.03. The average Bonchev–Trinajstić information content (AvgIpc) is 2.29. The highest BCUT2D eigenvalue weighted by molar-refractivity contribution is 4.92. The van der Waals surface area contributed by atoms with Crippen LogP contribution in [-0.2, 0) is 0 Å². The van der Waals surface area contributed by atoms with E-state index in [2.05, 4.69) is 18.9 Å². The molecular weight excluding hydrogens is 138 g/mol. The van der Waals surface area contributed by atoms with Crippen LogP contribution in [0.5, 0.6) is 0 Å². The zero-order valence-electron chi connectivity index (χ0n) is 7.33. The molecule has 64 valence electrons. The molecule has 0 aliphatic carbocycles. The average molecular weight is 155 g/mol. The Kier molecular flexibility index (Phi) is 2.76. The van der Waals surface area contributed by atoms with E-state index in [1.807, 2.05) is 12.4 Å². The van der Waals surface area contributed by atoms with E-state index in [1.54, 1.807) is 5.01 Å². The highest BCUT2D eigenvalue weighted by Gasteiger charge is 2.19. The lowest BCUT2D eigenvalue weighted by atomic mass is 10.2. The first kappa shape index (κ1) is 8.40. The van der Waals surface area contributed by atoms with Crippen molar-refractivity contribution in [2.45, 2.75) is 32.4 Å². The molecule has 1 unspecified atom stereocenters. The lowest BCUT2D eigenvalue weighted by molar-refractivity contribution is 0.164. The van der Waals surface area contributed by atoms with E-state index in [0.29, 0.717) is 6.17 Å². The molecule has 0 spiro atoms. The van der Waals surface area contributed by atoms with Gasteiger partial charge >= 0.3 is 0 Å². The van der Waals surface area contributed by atoms with Gasteiger partial charge < -0.3 is 4.90 Å². The largest absolute Gasteiger partial charge is 0.358 e. The van der Waals surface area contributed by atoms with E-state index in [-0.39, 0.29) is 0 Å². The van der Waals surface area contributed by atoms with Crippen molar-refractivity contribution in [3.05, 3.63) is 12.4 Å². The van der Waals surface area contributed by atoms with Crippen LogP contribution in [0, 0.1) is 0 Å². The van der Waals surface area contributed by atoms with E-state index in [4.69, 9.17) is 5.84 Å². The summed E-state index contributed by atoms with van der Waals surface area (Å²) in [4.78, 5) is 2.15. The van der Waals surface area contributed by atoms with Gasteiger partial charge in [0, 0.05) is 19.4 Å². The lowest BCUT2D eigenvalue weighted by Crippen LogP contribution is -2.40. The predicted molar refractivity (Wildman–Crippen MR) is 46.2 cm³/mol. The number of nitrogens with zero attached hydrogens (tertiary/aromatic N) is 2. The van der Waals surface area contributed by atoms with E-state index in [1.165, 1.54) is 12.8 Å². The fourth-order valence-corrected chi connectivity index (χ4v) is 1.33. The first-order valence-corrected chi connectivity index (χ1v) is 4.19. The second kappa shape index (κ2) is 3.62. The second-order valence-corrected chi connectivity index (χ2v) is 3.03. The Morgan fingerprint density at radius 2 is 2.18 bits per heavy atom. The number of nitrogens with two attached hydrogens (primary N) is 1. The molecule has 1 heterocycles. The minimum atomic E-state index is 0.384. The Hall–Kier alpha value is -0.700. The molecule has 0 amide bonds. The first-order valence-electron chi connectivity index (χ1n) is 4.19. The summed E-state index contributed by atoms with van der Waals surface area (Å²) in [5.41, 5.74) is 0. The van der Waals surface area contributed by atoms with Crippen LogP contribution < -0.4 is 5.84 Å². The molecule has 0 aromatic rings. The summed E-state index contributed by atoms with van der Waals surface area (Å²) in [6.45, 7) is 2.20. The van der Waals surface area contributed by atoms with Crippen LogP contribution in [0.1, 0.15) is 26.2 Å². The fraction of sp³-hybridized carbons (Fsp3) is 0.750. The third-order valence-electron chi connectivity index (χ3n) is 2.10. The summed E-state index contributed by atoms with van der Waals surface area (Å²) in [7, 11) is 2.06. The fourth-order valence-electron chi connectivity index (χ4n) is 1.33. The Morgan fingerprint density at radius 3 is 2.64 bits per heavy atom. The van der Waals surface area contributed by atoms with Crippen LogP contribution in [0.4, 0.5) is 0 Å². The maximum atomic E-state index is 5.72. The van der Waals surface area contributed by atoms with Gasteiger partial charge in [0.1, 0.15) is 6.17 Å². The summed E-state index contributed by atoms with van der Waals surface area (Å²) in [6, 6.07) is 0. The third kappa shape index (κ3) is 1.87. The van der Waals surface area contributed by atoms with Crippen LogP contribution in [-0.4, -0.2) is 23.1 Å². The molecule has 1 rings (SSSR count). The molecule has 1 atom stereocenters. The number of hydrogen-bond acceptors (Lipinski definition) is 3. The molecule has 3 nitrogen and oxygen atoms in total. The smallest absolute Gasteiger partial charge is 0.115 e. The quantitative estimate of drug-likeness (QED) is 0.619. The van der Waals surface area contributed by atoms with Crippen LogP contribution in [0.2, 0.25) is 0 Å². The van der Waals surface area contributed by atoms with Crippen molar-refractivity contribution in [1.82, 2.24) is 9.91 Å². The number of hydrazine groups is 1. The van der Waals surface area contributed by atoms with Gasteiger partial charge in [0.2, 0.25) is 0 Å². The summed E-state index contributed by atoms with van der Waals surface area (Å²) in [5, 5.41) is 1.77. The molecule has 1 aliphatic rings. The predicted octanol–water partition coefficient (Wildman–Crippen LogP) is 1.09. The molecule has 0 aromatic carbocycles. The van der Waals surface area contributed by atoms with E-state index in [9.17, 15) is 0 Å². The maximum Gasteiger partial charge on any atom is 0.115 e. The van der Waals surface area contributed by atoms with Gasteiger partial charge in [-0.05, 0) is 12.8 Å². The highest BCUT2D eigenvalue weighted by Crippen LogP contribution is 2.14. The van der Waals surface area contributed by atoms with Crippen LogP contribution in [0.25, 0.3) is 0 Å². The monoisotopic (exact) mass is 155 g/mol. The Bertz CT molecular complexity index is 132. The van der Waals surface area contributed by atoms with E-state index >= 15 is 0 Å². The highest BCUT2D eigenvalue weighted by atomic mass is 15.5. The summed E-state index contributed by atoms with van der Waals surface area (Å²) < 4.78 is 0. The van der Waals surface area contributed by atoms with Gasteiger partial charge in [-0.3, -0.25) is 5.01 Å². The van der Waals surface area contributed by atoms with Crippen molar-refractivity contribution < 1.29 is 0 Å². The molecular formula is C8H17N3. The zero-order chi connectivity index (χ0) is 8.27. The molecule has 1 aliphatic heterocycles. The van der Waals surface area contributed by atoms with Crippen molar-refractivity contribution >= 4 is 0 Å². The van der Waals surface area contributed by atoms with Gasteiger partial charge in [-0.25, -0.2) is 5.84 Å². The first-order chi connectivity index (χ1) is 5.25. The molecule has 0 aromatic heterocycles. The van der Waals surface area contributed by atoms with Crippen molar-refractivity contribution in [3.8, 4) is 0 Å². The van der Waals surface area contributed by atoms with Gasteiger partial charge in [0.05, 0.1) is 0 Å². The van der Waals surface area contributed by atoms with Crippen LogP contribution in [0.3, 0.4) is 0 Å². The normalized spacial score (nSPS) is 23.4. The molecule has 0 saturated carbocycles. The molecule has 0 saturated heterocycles. The standard InChI is InChI=1S/C8H17N3/c1-3-4-5-8-10(2)6-7-11(8)9/h6-8H,3-5,9H2,1-2H3. The van der Waals surface area contributed by atoms with Gasteiger partial charge in [-0.15, -0.1) is 0 Å². The molecule has 2 N–H and O–H groups in total. The number of hydrogen-bond donors (Lipinski definition) is 1. The van der Waals surface area contributed by atoms with Crippen molar-refractivity contribution in [2.24, 2.45) is 5.84 Å². The molecule has 0 fully saturated rings. The van der Waals surface area contributed by atoms with Gasteiger partial charge in [-0.2, -0.15) is 0 Å². The van der Waals surface area contributed by atoms with Crippen molar-refractivity contribution in [2.75, 3.05) is 7.05 Å². The number of unbranched alkanes of at least 4 members (excludes halogenated alkanes) is 1. The molecule has 11 heavy (non-hydrogen) atoms. The maximum absolute atomic E-state index is 5.72. The molecule has 3 heteroatoms. The third-order valence-corrected chi connectivity index (χ3v) is 2.10. The van der Waals surface area contributed by atoms with Crippen LogP contribution >= 0.6 is 0 Å². The van der Waals surface area contributed by atoms with Crippen molar-refractivity contribution in [1.29, 1.82) is 0 Å². The van der Waals surface area contributed by atoms with Gasteiger partial charge in [0.15, 0.2) is 0 Å². The topological polar surface area (TPSA) is 32.5 Å². The molecule has 0 radical (unpaired) electrons. The minimum Gasteiger partial charge on any atom is -0.358 e. The summed E-state index contributed by atoms with van der Waals surface area (Å²) in [6.07, 6.45) is 7.94. The Morgan fingerprint density at radius 1 is 1.45 bits per heavy atom. The summed E-state index contributed by atoms with van der Waals surface area (Å²) in [5.74, 6) is 5.72. The van der Waals surface area contributed by atoms with E-state index < -0.39 is 0 Å². The van der Waals surface area contributed by atoms with Gasteiger partial charge in [-0.1, -0.05) is 13.3 Å². The zero-order valence-corrected chi connectivity index (χ0v) is 7.33. The minimum absolute atomic E-state index is 0.384. The number of rotatable bonds is 3. The SMILES string of the molecule is CCCCC1N(C)C=CN1N. The Labute approximate surface area is 68.4 Å². The van der Waals surface area contributed by atoms with Crippen molar-refractivity contribution in [3.63, 3.8) is 0 Å². The van der Waals surface area contributed by atoms with Crippen LogP contribution in [0.15, 0.2) is 12.4 Å². The Balaban J connectivity index is 2.33. The summed E-state index contributed by atoms with van der Waals surface area (Å²) >= 11 is 0. The lowest BCUT2D eigenvalue weighted by Gasteiger charge is -2.26. The van der Waals surface area contributed by atoms with Gasteiger partial charge in [0.25, 0.3) is 0 Å². The van der Waals surface area contributed by atoms with E-state index in [0.717, 1.165) is 6.42 Å².